The van der Waals surface area contributed by atoms with E-state index in [1.807, 2.05) is 13.0 Å². The molecule has 0 bridgehead atoms. The van der Waals surface area contributed by atoms with Gasteiger partial charge in [0.05, 0.1) is 13.7 Å². The molecule has 0 fully saturated rings. The summed E-state index contributed by atoms with van der Waals surface area (Å²) in [5, 5.41) is 6.16. The number of hydrogen-bond acceptors (Lipinski definition) is 4. The number of methoxy groups -OCH3 is 1. The van der Waals surface area contributed by atoms with Crippen molar-refractivity contribution in [3.05, 3.63) is 59.1 Å². The van der Waals surface area contributed by atoms with Crippen LogP contribution in [0, 0.1) is 0 Å². The third-order valence-electron chi connectivity index (χ3n) is 3.92. The summed E-state index contributed by atoms with van der Waals surface area (Å²) in [7, 11) is 1.57. The molecule has 29 heavy (non-hydrogen) atoms. The minimum absolute atomic E-state index is 0.112. The van der Waals surface area contributed by atoms with Gasteiger partial charge < -0.3 is 20.1 Å². The van der Waals surface area contributed by atoms with Crippen LogP contribution >= 0.6 is 11.6 Å². The number of hydrogen-bond donors (Lipinski definition) is 2. The lowest BCUT2D eigenvalue weighted by Gasteiger charge is -2.09. The highest BCUT2D eigenvalue weighted by molar-refractivity contribution is 6.30. The quantitative estimate of drug-likeness (QED) is 0.447. The van der Waals surface area contributed by atoms with Gasteiger partial charge in [-0.3, -0.25) is 9.59 Å². The first-order valence-electron chi connectivity index (χ1n) is 9.34. The van der Waals surface area contributed by atoms with Crippen molar-refractivity contribution in [2.45, 2.75) is 19.8 Å². The molecule has 0 saturated heterocycles. The van der Waals surface area contributed by atoms with Crippen molar-refractivity contribution in [1.29, 1.82) is 0 Å². The average Bonchev–Trinajstić information content (AvgIpc) is 2.72. The lowest BCUT2D eigenvalue weighted by molar-refractivity contribution is -0.118. The van der Waals surface area contributed by atoms with Crippen LogP contribution < -0.4 is 20.1 Å². The van der Waals surface area contributed by atoms with E-state index >= 15 is 0 Å². The van der Waals surface area contributed by atoms with Crippen LogP contribution in [0.4, 0.5) is 5.69 Å². The van der Waals surface area contributed by atoms with Gasteiger partial charge in [-0.2, -0.15) is 0 Å². The second-order valence-corrected chi connectivity index (χ2v) is 6.56. The van der Waals surface area contributed by atoms with Gasteiger partial charge in [-0.1, -0.05) is 17.7 Å². The molecule has 6 nitrogen and oxygen atoms in total. The van der Waals surface area contributed by atoms with Crippen molar-refractivity contribution in [2.24, 2.45) is 0 Å². The molecule has 2 amide bonds. The van der Waals surface area contributed by atoms with Gasteiger partial charge in [-0.25, -0.2) is 0 Å². The topological polar surface area (TPSA) is 76.7 Å². The van der Waals surface area contributed by atoms with Crippen molar-refractivity contribution < 1.29 is 19.1 Å². The molecule has 0 aliphatic carbocycles. The number of anilines is 1. The molecule has 0 aromatic heterocycles. The number of carbonyl (C=O) groups is 2. The first kappa shape index (κ1) is 22.3. The van der Waals surface area contributed by atoms with Crippen LogP contribution in [-0.4, -0.2) is 32.1 Å². The summed E-state index contributed by atoms with van der Waals surface area (Å²) in [5.74, 6) is 0.934. The maximum atomic E-state index is 11.9. The monoisotopic (exact) mass is 416 g/mol. The Morgan fingerprint density at radius 3 is 2.55 bits per heavy atom. The maximum absolute atomic E-state index is 11.9. The number of carbonyl (C=O) groups excluding carboxylic acids is 2. The molecule has 0 spiro atoms. The fourth-order valence-electron chi connectivity index (χ4n) is 2.51. The van der Waals surface area contributed by atoms with Crippen molar-refractivity contribution in [2.75, 3.05) is 25.6 Å². The Morgan fingerprint density at radius 1 is 1.10 bits per heavy atom. The van der Waals surface area contributed by atoms with Gasteiger partial charge in [-0.05, 0) is 61.4 Å². The molecule has 0 atom stereocenters. The van der Waals surface area contributed by atoms with Gasteiger partial charge in [0, 0.05) is 29.8 Å². The van der Waals surface area contributed by atoms with Crippen LogP contribution in [0.15, 0.2) is 48.5 Å². The van der Waals surface area contributed by atoms with Gasteiger partial charge >= 0.3 is 0 Å². The molecule has 0 aliphatic heterocycles. The van der Waals surface area contributed by atoms with E-state index in [-0.39, 0.29) is 11.8 Å². The van der Waals surface area contributed by atoms with E-state index in [4.69, 9.17) is 21.1 Å². The van der Waals surface area contributed by atoms with E-state index in [0.717, 1.165) is 5.56 Å². The van der Waals surface area contributed by atoms with Gasteiger partial charge in [-0.15, -0.1) is 0 Å². The van der Waals surface area contributed by atoms with E-state index in [1.54, 1.807) is 49.6 Å². The molecule has 2 N–H and O–H groups in total. The van der Waals surface area contributed by atoms with Crippen molar-refractivity contribution in [3.8, 4) is 11.5 Å². The Balaban J connectivity index is 1.72. The summed E-state index contributed by atoms with van der Waals surface area (Å²) in [6.07, 6.45) is 3.99. The minimum atomic E-state index is -0.226. The highest BCUT2D eigenvalue weighted by atomic mass is 35.5. The molecular weight excluding hydrogens is 392 g/mol. The summed E-state index contributed by atoms with van der Waals surface area (Å²) < 4.78 is 10.8. The predicted molar refractivity (Wildman–Crippen MR) is 116 cm³/mol. The Hall–Kier alpha value is -2.99. The van der Waals surface area contributed by atoms with Crippen LogP contribution in [0.1, 0.15) is 25.3 Å². The summed E-state index contributed by atoms with van der Waals surface area (Å²) >= 11 is 5.81. The van der Waals surface area contributed by atoms with E-state index in [9.17, 15) is 9.59 Å². The second-order valence-electron chi connectivity index (χ2n) is 6.13. The molecule has 0 saturated carbocycles. The predicted octanol–water partition coefficient (Wildman–Crippen LogP) is 4.30. The second kappa shape index (κ2) is 11.8. The Morgan fingerprint density at radius 2 is 1.86 bits per heavy atom. The zero-order valence-corrected chi connectivity index (χ0v) is 17.3. The zero-order chi connectivity index (χ0) is 21.1. The number of rotatable bonds is 10. The maximum Gasteiger partial charge on any atom is 0.243 e. The number of nitrogens with one attached hydrogen (secondary N) is 2. The SMILES string of the molecule is CCOc1ccc(C=CC(=O)NCCCC(=O)Nc2ccc(Cl)cc2)cc1OC. The van der Waals surface area contributed by atoms with E-state index in [2.05, 4.69) is 10.6 Å². The Labute approximate surface area is 175 Å². The molecular formula is C22H25ClN2O4. The fourth-order valence-corrected chi connectivity index (χ4v) is 2.64. The van der Waals surface area contributed by atoms with Crippen LogP contribution in [-0.2, 0) is 9.59 Å². The Kier molecular flexibility index (Phi) is 9.05. The summed E-state index contributed by atoms with van der Waals surface area (Å²) in [5.41, 5.74) is 1.51. The molecule has 0 heterocycles. The molecule has 2 aromatic carbocycles. The molecule has 0 unspecified atom stereocenters. The lowest BCUT2D eigenvalue weighted by atomic mass is 10.2. The van der Waals surface area contributed by atoms with E-state index in [1.165, 1.54) is 6.08 Å². The van der Waals surface area contributed by atoms with Gasteiger partial charge in [0.25, 0.3) is 0 Å². The van der Waals surface area contributed by atoms with Crippen molar-refractivity contribution >= 4 is 35.2 Å². The molecule has 0 aliphatic rings. The summed E-state index contributed by atoms with van der Waals surface area (Å²) in [6.45, 7) is 2.86. The number of halogens is 1. The average molecular weight is 417 g/mol. The molecule has 154 valence electrons. The molecule has 0 radical (unpaired) electrons. The van der Waals surface area contributed by atoms with Gasteiger partial charge in [0.15, 0.2) is 11.5 Å². The third kappa shape index (κ3) is 7.87. The summed E-state index contributed by atoms with van der Waals surface area (Å²) in [4.78, 5) is 23.8. The zero-order valence-electron chi connectivity index (χ0n) is 16.5. The van der Waals surface area contributed by atoms with E-state index < -0.39 is 0 Å². The molecule has 7 heteroatoms. The largest absolute Gasteiger partial charge is 0.493 e. The van der Waals surface area contributed by atoms with Gasteiger partial charge in [0.1, 0.15) is 0 Å². The molecule has 2 aromatic rings. The highest BCUT2D eigenvalue weighted by Gasteiger charge is 2.05. The molecule has 2 rings (SSSR count). The van der Waals surface area contributed by atoms with Crippen LogP contribution in [0.5, 0.6) is 11.5 Å². The smallest absolute Gasteiger partial charge is 0.243 e. The first-order valence-corrected chi connectivity index (χ1v) is 9.71. The highest BCUT2D eigenvalue weighted by Crippen LogP contribution is 2.28. The van der Waals surface area contributed by atoms with E-state index in [0.29, 0.717) is 48.2 Å². The van der Waals surface area contributed by atoms with Crippen LogP contribution in [0.25, 0.3) is 6.08 Å². The van der Waals surface area contributed by atoms with Crippen LogP contribution in [0.3, 0.4) is 0 Å². The Bertz CT molecular complexity index is 850. The lowest BCUT2D eigenvalue weighted by Crippen LogP contribution is -2.23. The summed E-state index contributed by atoms with van der Waals surface area (Å²) in [6, 6.07) is 12.4. The van der Waals surface area contributed by atoms with Gasteiger partial charge in [0.2, 0.25) is 11.8 Å². The number of benzene rings is 2. The number of amides is 2. The van der Waals surface area contributed by atoms with Crippen molar-refractivity contribution in [3.63, 3.8) is 0 Å². The first-order chi connectivity index (χ1) is 14.0. The van der Waals surface area contributed by atoms with Crippen molar-refractivity contribution in [1.82, 2.24) is 5.32 Å². The third-order valence-corrected chi connectivity index (χ3v) is 4.17. The van der Waals surface area contributed by atoms with Crippen LogP contribution in [0.2, 0.25) is 5.02 Å². The standard InChI is InChI=1S/C22H25ClN2O4/c1-3-29-19-12-6-16(15-20(19)28-2)7-13-21(26)24-14-4-5-22(27)25-18-10-8-17(23)9-11-18/h6-13,15H,3-5,14H2,1-2H3,(H,24,26)(H,25,27). The normalized spacial score (nSPS) is 10.6. The fraction of sp³-hybridized carbons (Fsp3) is 0.273. The number of ether oxygens (including phenoxy) is 2. The minimum Gasteiger partial charge on any atom is -0.493 e.